The summed E-state index contributed by atoms with van der Waals surface area (Å²) in [5.74, 6) is 0.854. The van der Waals surface area contributed by atoms with Gasteiger partial charge in [0.15, 0.2) is 5.43 Å². The second-order valence-electron chi connectivity index (χ2n) is 4.06. The molecule has 0 saturated heterocycles. The first-order valence-electron chi connectivity index (χ1n) is 5.52. The third-order valence-corrected chi connectivity index (χ3v) is 3.03. The standard InChI is InChI=1S/C13H10ClN3O/c14-10-3-1-9(2-4-10)7-12-15-16-13-8-11(18)5-6-17(12)13/h1-6,8,16H,7H2. The Balaban J connectivity index is 2.00. The van der Waals surface area contributed by atoms with Gasteiger partial charge in [-0.15, -0.1) is 0 Å². The summed E-state index contributed by atoms with van der Waals surface area (Å²) in [5.41, 5.74) is 1.79. The Bertz CT molecular complexity index is 743. The molecule has 1 aromatic carbocycles. The van der Waals surface area contributed by atoms with Crippen molar-refractivity contribution in [2.24, 2.45) is 0 Å². The highest BCUT2D eigenvalue weighted by atomic mass is 35.5. The summed E-state index contributed by atoms with van der Waals surface area (Å²) < 4.78 is 1.87. The van der Waals surface area contributed by atoms with Gasteiger partial charge >= 0.3 is 0 Å². The molecule has 5 heteroatoms. The number of aromatic amines is 1. The fourth-order valence-corrected chi connectivity index (χ4v) is 2.00. The summed E-state index contributed by atoms with van der Waals surface area (Å²) in [7, 11) is 0. The summed E-state index contributed by atoms with van der Waals surface area (Å²) in [6.07, 6.45) is 2.41. The summed E-state index contributed by atoms with van der Waals surface area (Å²) >= 11 is 5.84. The van der Waals surface area contributed by atoms with E-state index in [1.54, 1.807) is 6.20 Å². The fourth-order valence-electron chi connectivity index (χ4n) is 1.88. The van der Waals surface area contributed by atoms with E-state index in [0.717, 1.165) is 11.4 Å². The Labute approximate surface area is 108 Å². The molecule has 1 N–H and O–H groups in total. The topological polar surface area (TPSA) is 50.2 Å². The SMILES string of the molecule is O=c1ccn2c(Cc3ccc(Cl)cc3)n[nH]c2c1. The van der Waals surface area contributed by atoms with E-state index in [-0.39, 0.29) is 5.43 Å². The summed E-state index contributed by atoms with van der Waals surface area (Å²) in [5, 5.41) is 7.78. The molecule has 0 saturated carbocycles. The number of hydrogen-bond donors (Lipinski definition) is 1. The molecule has 0 amide bonds. The van der Waals surface area contributed by atoms with Crippen LogP contribution in [-0.4, -0.2) is 14.6 Å². The van der Waals surface area contributed by atoms with Gasteiger partial charge in [-0.1, -0.05) is 23.7 Å². The van der Waals surface area contributed by atoms with Crippen LogP contribution in [0.5, 0.6) is 0 Å². The van der Waals surface area contributed by atoms with Crippen LogP contribution in [0.1, 0.15) is 11.4 Å². The quantitative estimate of drug-likeness (QED) is 0.768. The molecule has 0 unspecified atom stereocenters. The molecule has 90 valence electrons. The average Bonchev–Trinajstić information content (AvgIpc) is 2.74. The lowest BCUT2D eigenvalue weighted by Gasteiger charge is -2.00. The van der Waals surface area contributed by atoms with Gasteiger partial charge < -0.3 is 0 Å². The molecule has 0 aliphatic heterocycles. The van der Waals surface area contributed by atoms with Crippen LogP contribution in [0.25, 0.3) is 5.65 Å². The van der Waals surface area contributed by atoms with Crippen molar-refractivity contribution < 1.29 is 0 Å². The van der Waals surface area contributed by atoms with Crippen molar-refractivity contribution in [3.63, 3.8) is 0 Å². The van der Waals surface area contributed by atoms with E-state index in [0.29, 0.717) is 17.1 Å². The minimum atomic E-state index is -0.0308. The lowest BCUT2D eigenvalue weighted by atomic mass is 10.1. The van der Waals surface area contributed by atoms with E-state index < -0.39 is 0 Å². The second-order valence-corrected chi connectivity index (χ2v) is 4.50. The van der Waals surface area contributed by atoms with Crippen LogP contribution in [0.2, 0.25) is 5.02 Å². The van der Waals surface area contributed by atoms with Crippen molar-refractivity contribution in [2.45, 2.75) is 6.42 Å². The number of pyridine rings is 1. The lowest BCUT2D eigenvalue weighted by molar-refractivity contribution is 0.934. The number of halogens is 1. The summed E-state index contributed by atoms with van der Waals surface area (Å²) in [6.45, 7) is 0. The summed E-state index contributed by atoms with van der Waals surface area (Å²) in [6, 6.07) is 10.7. The molecular weight excluding hydrogens is 250 g/mol. The Kier molecular flexibility index (Phi) is 2.64. The van der Waals surface area contributed by atoms with Crippen LogP contribution in [-0.2, 0) is 6.42 Å². The molecule has 0 spiro atoms. The third kappa shape index (κ3) is 2.02. The van der Waals surface area contributed by atoms with Crippen LogP contribution >= 0.6 is 11.6 Å². The molecule has 2 heterocycles. The molecular formula is C13H10ClN3O. The monoisotopic (exact) mass is 259 g/mol. The van der Waals surface area contributed by atoms with Crippen LogP contribution < -0.4 is 5.43 Å². The zero-order valence-electron chi connectivity index (χ0n) is 9.43. The van der Waals surface area contributed by atoms with E-state index in [9.17, 15) is 4.79 Å². The van der Waals surface area contributed by atoms with E-state index in [2.05, 4.69) is 10.2 Å². The van der Waals surface area contributed by atoms with Crippen LogP contribution in [0.4, 0.5) is 0 Å². The maximum atomic E-state index is 11.2. The van der Waals surface area contributed by atoms with Gasteiger partial charge in [-0.05, 0) is 17.7 Å². The van der Waals surface area contributed by atoms with Gasteiger partial charge in [-0.2, -0.15) is 5.10 Å². The van der Waals surface area contributed by atoms with E-state index in [1.807, 2.05) is 28.7 Å². The van der Waals surface area contributed by atoms with Crippen LogP contribution in [0.15, 0.2) is 47.4 Å². The molecule has 0 fully saturated rings. The fraction of sp³-hybridized carbons (Fsp3) is 0.0769. The molecule has 3 rings (SSSR count). The number of benzene rings is 1. The number of hydrogen-bond acceptors (Lipinski definition) is 2. The lowest BCUT2D eigenvalue weighted by Crippen LogP contribution is -2.01. The van der Waals surface area contributed by atoms with Crippen molar-refractivity contribution in [1.82, 2.24) is 14.6 Å². The molecule has 0 radical (unpaired) electrons. The van der Waals surface area contributed by atoms with E-state index in [4.69, 9.17) is 11.6 Å². The molecule has 2 aromatic heterocycles. The molecule has 3 aromatic rings. The Hall–Kier alpha value is -2.07. The Morgan fingerprint density at radius 2 is 2.00 bits per heavy atom. The number of fused-ring (bicyclic) bond motifs is 1. The first-order valence-corrected chi connectivity index (χ1v) is 5.90. The molecule has 0 bridgehead atoms. The Morgan fingerprint density at radius 3 is 2.78 bits per heavy atom. The predicted molar refractivity (Wildman–Crippen MR) is 70.1 cm³/mol. The van der Waals surface area contributed by atoms with Gasteiger partial charge in [0.2, 0.25) is 0 Å². The van der Waals surface area contributed by atoms with E-state index >= 15 is 0 Å². The van der Waals surface area contributed by atoms with E-state index in [1.165, 1.54) is 12.1 Å². The first kappa shape index (κ1) is 11.0. The number of nitrogens with zero attached hydrogens (tertiary/aromatic N) is 2. The van der Waals surface area contributed by atoms with Gasteiger partial charge in [0.05, 0.1) is 0 Å². The predicted octanol–water partition coefficient (Wildman–Crippen LogP) is 2.27. The van der Waals surface area contributed by atoms with Gasteiger partial charge in [-0.3, -0.25) is 14.3 Å². The smallest absolute Gasteiger partial charge is 0.183 e. The Morgan fingerprint density at radius 1 is 1.22 bits per heavy atom. The molecule has 18 heavy (non-hydrogen) atoms. The highest BCUT2D eigenvalue weighted by Crippen LogP contribution is 2.13. The number of rotatable bonds is 2. The highest BCUT2D eigenvalue weighted by Gasteiger charge is 2.05. The third-order valence-electron chi connectivity index (χ3n) is 2.78. The van der Waals surface area contributed by atoms with Gasteiger partial charge in [0.25, 0.3) is 0 Å². The molecule has 4 nitrogen and oxygen atoms in total. The van der Waals surface area contributed by atoms with Crippen molar-refractivity contribution in [1.29, 1.82) is 0 Å². The zero-order chi connectivity index (χ0) is 12.5. The van der Waals surface area contributed by atoms with Crippen molar-refractivity contribution in [3.8, 4) is 0 Å². The van der Waals surface area contributed by atoms with Crippen LogP contribution in [0.3, 0.4) is 0 Å². The molecule has 0 aliphatic rings. The normalized spacial score (nSPS) is 10.9. The first-order chi connectivity index (χ1) is 8.72. The molecule has 0 aliphatic carbocycles. The zero-order valence-corrected chi connectivity index (χ0v) is 10.2. The van der Waals surface area contributed by atoms with Crippen LogP contribution in [0, 0.1) is 0 Å². The summed E-state index contributed by atoms with van der Waals surface area (Å²) in [4.78, 5) is 11.2. The van der Waals surface area contributed by atoms with Gasteiger partial charge in [0.1, 0.15) is 11.5 Å². The minimum Gasteiger partial charge on any atom is -0.290 e. The van der Waals surface area contributed by atoms with Crippen molar-refractivity contribution in [3.05, 3.63) is 69.2 Å². The maximum Gasteiger partial charge on any atom is 0.183 e. The minimum absolute atomic E-state index is 0.0308. The maximum absolute atomic E-state index is 11.2. The number of aromatic nitrogens is 3. The molecule has 0 atom stereocenters. The van der Waals surface area contributed by atoms with Gasteiger partial charge in [0, 0.05) is 29.8 Å². The second kappa shape index (κ2) is 4.31. The van der Waals surface area contributed by atoms with Gasteiger partial charge in [-0.25, -0.2) is 0 Å². The highest BCUT2D eigenvalue weighted by molar-refractivity contribution is 6.30. The largest absolute Gasteiger partial charge is 0.290 e. The van der Waals surface area contributed by atoms with Crippen molar-refractivity contribution >= 4 is 17.2 Å². The van der Waals surface area contributed by atoms with Crippen molar-refractivity contribution in [2.75, 3.05) is 0 Å². The number of nitrogens with one attached hydrogen (secondary N) is 1. The number of H-pyrrole nitrogens is 1. The average molecular weight is 260 g/mol.